The van der Waals surface area contributed by atoms with Gasteiger partial charge < -0.3 is 15.5 Å². The van der Waals surface area contributed by atoms with Crippen molar-refractivity contribution in [1.82, 2.24) is 10.2 Å². The highest BCUT2D eigenvalue weighted by atomic mass is 16.2. The zero-order chi connectivity index (χ0) is 18.5. The molecule has 5 nitrogen and oxygen atoms in total. The van der Waals surface area contributed by atoms with E-state index < -0.39 is 0 Å². The van der Waals surface area contributed by atoms with E-state index in [-0.39, 0.29) is 23.9 Å². The van der Waals surface area contributed by atoms with Crippen LogP contribution in [0.5, 0.6) is 0 Å². The van der Waals surface area contributed by atoms with Crippen LogP contribution in [0, 0.1) is 17.8 Å². The van der Waals surface area contributed by atoms with Crippen LogP contribution in [0.25, 0.3) is 0 Å². The lowest BCUT2D eigenvalue weighted by atomic mass is 9.78. The molecule has 0 radical (unpaired) electrons. The molecule has 4 unspecified atom stereocenters. The van der Waals surface area contributed by atoms with Gasteiger partial charge in [0.15, 0.2) is 0 Å². The SMILES string of the molecule is CC1CCCC(NC(=O)C2CCCN(C(=O)Nc3ccccc3)C2)C1C. The summed E-state index contributed by atoms with van der Waals surface area (Å²) in [5.41, 5.74) is 0.786. The quantitative estimate of drug-likeness (QED) is 0.862. The molecule has 1 aromatic rings. The van der Waals surface area contributed by atoms with E-state index in [1.54, 1.807) is 4.90 Å². The second kappa shape index (κ2) is 8.56. The maximum absolute atomic E-state index is 12.8. The van der Waals surface area contributed by atoms with Crippen LogP contribution in [0.15, 0.2) is 30.3 Å². The van der Waals surface area contributed by atoms with Crippen molar-refractivity contribution in [2.24, 2.45) is 17.8 Å². The average Bonchev–Trinajstić information content (AvgIpc) is 2.66. The fraction of sp³-hybridized carbons (Fsp3) is 0.619. The molecule has 1 aliphatic carbocycles. The first kappa shape index (κ1) is 18.7. The summed E-state index contributed by atoms with van der Waals surface area (Å²) in [4.78, 5) is 27.1. The number of nitrogens with one attached hydrogen (secondary N) is 2. The van der Waals surface area contributed by atoms with Crippen molar-refractivity contribution in [2.75, 3.05) is 18.4 Å². The molecule has 5 heteroatoms. The van der Waals surface area contributed by atoms with Crippen LogP contribution >= 0.6 is 0 Å². The van der Waals surface area contributed by atoms with Crippen molar-refractivity contribution in [1.29, 1.82) is 0 Å². The number of benzene rings is 1. The highest BCUT2D eigenvalue weighted by molar-refractivity contribution is 5.90. The molecule has 3 rings (SSSR count). The number of urea groups is 1. The van der Waals surface area contributed by atoms with Gasteiger partial charge in [0.25, 0.3) is 0 Å². The Balaban J connectivity index is 1.54. The summed E-state index contributed by atoms with van der Waals surface area (Å²) < 4.78 is 0. The summed E-state index contributed by atoms with van der Waals surface area (Å²) in [5, 5.41) is 6.20. The highest BCUT2D eigenvalue weighted by Crippen LogP contribution is 2.30. The van der Waals surface area contributed by atoms with Crippen LogP contribution in [-0.2, 0) is 4.79 Å². The van der Waals surface area contributed by atoms with Crippen molar-refractivity contribution in [3.63, 3.8) is 0 Å². The molecule has 0 aromatic heterocycles. The maximum Gasteiger partial charge on any atom is 0.321 e. The van der Waals surface area contributed by atoms with E-state index in [9.17, 15) is 9.59 Å². The van der Waals surface area contributed by atoms with Gasteiger partial charge in [0, 0.05) is 24.8 Å². The smallest absolute Gasteiger partial charge is 0.321 e. The molecule has 0 spiro atoms. The zero-order valence-electron chi connectivity index (χ0n) is 15.9. The molecule has 142 valence electrons. The summed E-state index contributed by atoms with van der Waals surface area (Å²) in [6.45, 7) is 5.73. The largest absolute Gasteiger partial charge is 0.353 e. The first-order valence-corrected chi connectivity index (χ1v) is 9.96. The Kier molecular flexibility index (Phi) is 6.17. The zero-order valence-corrected chi connectivity index (χ0v) is 15.9. The number of piperidine rings is 1. The monoisotopic (exact) mass is 357 g/mol. The number of anilines is 1. The van der Waals surface area contributed by atoms with Gasteiger partial charge in [-0.25, -0.2) is 4.79 Å². The average molecular weight is 357 g/mol. The summed E-state index contributed by atoms with van der Waals surface area (Å²) in [7, 11) is 0. The minimum atomic E-state index is -0.117. The second-order valence-corrected chi connectivity index (χ2v) is 7.96. The summed E-state index contributed by atoms with van der Waals surface area (Å²) >= 11 is 0. The maximum atomic E-state index is 12.8. The highest BCUT2D eigenvalue weighted by Gasteiger charge is 2.33. The Hall–Kier alpha value is -2.04. The molecule has 1 saturated carbocycles. The standard InChI is InChI=1S/C21H31N3O2/c1-15-8-6-12-19(16(15)2)23-20(25)17-9-7-13-24(14-17)21(26)22-18-10-4-3-5-11-18/h3-5,10-11,15-17,19H,6-9,12-14H2,1-2H3,(H,22,26)(H,23,25). The van der Waals surface area contributed by atoms with Crippen molar-refractivity contribution in [3.05, 3.63) is 30.3 Å². The first-order valence-electron chi connectivity index (χ1n) is 9.96. The van der Waals surface area contributed by atoms with Gasteiger partial charge in [-0.3, -0.25) is 4.79 Å². The van der Waals surface area contributed by atoms with Crippen LogP contribution < -0.4 is 10.6 Å². The van der Waals surface area contributed by atoms with Gasteiger partial charge in [0.05, 0.1) is 5.92 Å². The van der Waals surface area contributed by atoms with Gasteiger partial charge in [-0.2, -0.15) is 0 Å². The topological polar surface area (TPSA) is 61.4 Å². The van der Waals surface area contributed by atoms with E-state index in [4.69, 9.17) is 0 Å². The van der Waals surface area contributed by atoms with Crippen molar-refractivity contribution in [3.8, 4) is 0 Å². The van der Waals surface area contributed by atoms with Gasteiger partial charge in [0.2, 0.25) is 5.91 Å². The minimum Gasteiger partial charge on any atom is -0.353 e. The van der Waals surface area contributed by atoms with E-state index in [0.29, 0.717) is 24.9 Å². The fourth-order valence-electron chi connectivity index (χ4n) is 4.19. The molecule has 2 fully saturated rings. The Morgan fingerprint density at radius 1 is 1.04 bits per heavy atom. The second-order valence-electron chi connectivity index (χ2n) is 7.96. The van der Waals surface area contributed by atoms with E-state index in [1.807, 2.05) is 30.3 Å². The minimum absolute atomic E-state index is 0.102. The molecule has 4 atom stereocenters. The molecule has 1 saturated heterocycles. The first-order chi connectivity index (χ1) is 12.5. The van der Waals surface area contributed by atoms with Crippen molar-refractivity contribution in [2.45, 2.75) is 52.0 Å². The number of hydrogen-bond acceptors (Lipinski definition) is 2. The summed E-state index contributed by atoms with van der Waals surface area (Å²) in [6, 6.07) is 9.62. The number of rotatable bonds is 3. The van der Waals surface area contributed by atoms with Crippen LogP contribution in [0.3, 0.4) is 0 Å². The lowest BCUT2D eigenvalue weighted by Gasteiger charge is -2.37. The lowest BCUT2D eigenvalue weighted by Crippen LogP contribution is -2.50. The fourth-order valence-corrected chi connectivity index (χ4v) is 4.19. The van der Waals surface area contributed by atoms with Crippen molar-refractivity contribution >= 4 is 17.6 Å². The Morgan fingerprint density at radius 2 is 1.81 bits per heavy atom. The van der Waals surface area contributed by atoms with Gasteiger partial charge in [-0.1, -0.05) is 44.9 Å². The Bertz CT molecular complexity index is 619. The van der Waals surface area contributed by atoms with Crippen LogP contribution in [0.4, 0.5) is 10.5 Å². The van der Waals surface area contributed by atoms with Gasteiger partial charge in [0.1, 0.15) is 0 Å². The predicted octanol–water partition coefficient (Wildman–Crippen LogP) is 3.87. The van der Waals surface area contributed by atoms with E-state index in [2.05, 4.69) is 24.5 Å². The molecule has 1 aliphatic heterocycles. The molecule has 2 aliphatic rings. The summed E-state index contributed by atoms with van der Waals surface area (Å²) in [6.07, 6.45) is 5.24. The third-order valence-electron chi connectivity index (χ3n) is 6.14. The molecular weight excluding hydrogens is 326 g/mol. The third kappa shape index (κ3) is 4.57. The number of amides is 3. The van der Waals surface area contributed by atoms with E-state index in [1.165, 1.54) is 12.8 Å². The molecule has 2 N–H and O–H groups in total. The predicted molar refractivity (Wildman–Crippen MR) is 104 cm³/mol. The summed E-state index contributed by atoms with van der Waals surface area (Å²) in [5.74, 6) is 1.20. The molecule has 1 aromatic carbocycles. The number of carbonyl (C=O) groups is 2. The molecule has 26 heavy (non-hydrogen) atoms. The normalized spacial score (nSPS) is 29.1. The third-order valence-corrected chi connectivity index (χ3v) is 6.14. The molecule has 0 bridgehead atoms. The van der Waals surface area contributed by atoms with Gasteiger partial charge >= 0.3 is 6.03 Å². The van der Waals surface area contributed by atoms with Crippen LogP contribution in [-0.4, -0.2) is 36.0 Å². The number of para-hydroxylation sites is 1. The van der Waals surface area contributed by atoms with E-state index in [0.717, 1.165) is 24.9 Å². The lowest BCUT2D eigenvalue weighted by molar-refractivity contribution is -0.127. The molecule has 1 heterocycles. The van der Waals surface area contributed by atoms with Crippen molar-refractivity contribution < 1.29 is 9.59 Å². The number of carbonyl (C=O) groups excluding carboxylic acids is 2. The van der Waals surface area contributed by atoms with Gasteiger partial charge in [-0.05, 0) is 43.2 Å². The van der Waals surface area contributed by atoms with Crippen LogP contribution in [0.1, 0.15) is 46.0 Å². The molecular formula is C21H31N3O2. The van der Waals surface area contributed by atoms with E-state index >= 15 is 0 Å². The van der Waals surface area contributed by atoms with Gasteiger partial charge in [-0.15, -0.1) is 0 Å². The van der Waals surface area contributed by atoms with Crippen LogP contribution in [0.2, 0.25) is 0 Å². The number of likely N-dealkylation sites (tertiary alicyclic amines) is 1. The Morgan fingerprint density at radius 3 is 2.58 bits per heavy atom. The number of hydrogen-bond donors (Lipinski definition) is 2. The Labute approximate surface area is 156 Å². The number of nitrogens with zero attached hydrogens (tertiary/aromatic N) is 1. The molecule has 3 amide bonds.